The highest BCUT2D eigenvalue weighted by Gasteiger charge is 2.43. The Balaban J connectivity index is 2.30. The van der Waals surface area contributed by atoms with Gasteiger partial charge in [-0.05, 0) is 25.7 Å². The van der Waals surface area contributed by atoms with Crippen LogP contribution in [0.25, 0.3) is 0 Å². The van der Waals surface area contributed by atoms with Gasteiger partial charge in [0.05, 0.1) is 0 Å². The smallest absolute Gasteiger partial charge is 0.231 e. The van der Waals surface area contributed by atoms with Crippen LogP contribution >= 0.6 is 0 Å². The van der Waals surface area contributed by atoms with E-state index in [1.54, 1.807) is 18.7 Å². The molecule has 0 bridgehead atoms. The van der Waals surface area contributed by atoms with Gasteiger partial charge in [-0.3, -0.25) is 4.79 Å². The normalized spacial score (nSPS) is 19.3. The summed E-state index contributed by atoms with van der Waals surface area (Å²) in [7, 11) is 3.37. The van der Waals surface area contributed by atoms with Gasteiger partial charge in [-0.1, -0.05) is 0 Å². The average molecular weight is 209 g/mol. The van der Waals surface area contributed by atoms with Crippen LogP contribution < -0.4 is 0 Å². The maximum Gasteiger partial charge on any atom is 0.231 e. The molecule has 1 aliphatic rings. The van der Waals surface area contributed by atoms with Gasteiger partial charge in [0.15, 0.2) is 0 Å². The first-order chi connectivity index (χ1) is 7.19. The minimum absolute atomic E-state index is 0.0394. The predicted octanol–water partition coefficient (Wildman–Crippen LogP) is 0.957. The third-order valence-corrected chi connectivity index (χ3v) is 3.13. The van der Waals surface area contributed by atoms with Crippen molar-refractivity contribution in [2.45, 2.75) is 31.3 Å². The molecule has 0 aromatic carbocycles. The van der Waals surface area contributed by atoms with Gasteiger partial charge in [-0.25, -0.2) is 0 Å². The number of ether oxygens (including phenoxy) is 1. The van der Waals surface area contributed by atoms with Crippen molar-refractivity contribution in [3.05, 3.63) is 12.2 Å². The Morgan fingerprint density at radius 3 is 2.67 bits per heavy atom. The highest BCUT2D eigenvalue weighted by atomic mass is 16.5. The molecule has 5 nitrogen and oxygen atoms in total. The molecule has 5 heteroatoms. The van der Waals surface area contributed by atoms with Gasteiger partial charge in [0.25, 0.3) is 0 Å². The molecule has 1 aromatic rings. The number of methoxy groups -OCH3 is 1. The summed E-state index contributed by atoms with van der Waals surface area (Å²) in [6, 6.07) is 0. The third kappa shape index (κ3) is 1.56. The number of carbonyl (C=O) groups is 1. The number of rotatable bonds is 3. The molecule has 1 saturated carbocycles. The standard InChI is InChI=1S/C10H15N3O2/c1-13-7-11-12-9(13)8(14)10(15-2)5-3-4-6-10/h7H,3-6H2,1-2H3. The van der Waals surface area contributed by atoms with Crippen molar-refractivity contribution in [2.24, 2.45) is 7.05 Å². The Morgan fingerprint density at radius 2 is 2.20 bits per heavy atom. The van der Waals surface area contributed by atoms with E-state index in [1.165, 1.54) is 6.33 Å². The van der Waals surface area contributed by atoms with Crippen LogP contribution in [0, 0.1) is 0 Å². The molecule has 15 heavy (non-hydrogen) atoms. The molecular formula is C10H15N3O2. The van der Waals surface area contributed by atoms with Crippen molar-refractivity contribution in [3.8, 4) is 0 Å². The summed E-state index contributed by atoms with van der Waals surface area (Å²) in [6.45, 7) is 0. The summed E-state index contributed by atoms with van der Waals surface area (Å²) < 4.78 is 7.05. The second-order valence-corrected chi connectivity index (χ2v) is 4.00. The van der Waals surface area contributed by atoms with Crippen LogP contribution in [-0.4, -0.2) is 33.3 Å². The number of nitrogens with zero attached hydrogens (tertiary/aromatic N) is 3. The first-order valence-corrected chi connectivity index (χ1v) is 5.13. The molecule has 0 amide bonds. The monoisotopic (exact) mass is 209 g/mol. The zero-order valence-corrected chi connectivity index (χ0v) is 9.06. The first-order valence-electron chi connectivity index (χ1n) is 5.13. The third-order valence-electron chi connectivity index (χ3n) is 3.13. The lowest BCUT2D eigenvalue weighted by Crippen LogP contribution is -2.39. The lowest BCUT2D eigenvalue weighted by Gasteiger charge is -2.24. The van der Waals surface area contributed by atoms with Crippen LogP contribution in [0.3, 0.4) is 0 Å². The predicted molar refractivity (Wildman–Crippen MR) is 53.5 cm³/mol. The lowest BCUT2D eigenvalue weighted by molar-refractivity contribution is 0.00484. The van der Waals surface area contributed by atoms with Crippen LogP contribution in [0.5, 0.6) is 0 Å². The second-order valence-electron chi connectivity index (χ2n) is 4.00. The zero-order valence-electron chi connectivity index (χ0n) is 9.06. The minimum atomic E-state index is -0.652. The fraction of sp³-hybridized carbons (Fsp3) is 0.700. The van der Waals surface area contributed by atoms with E-state index in [0.717, 1.165) is 25.7 Å². The van der Waals surface area contributed by atoms with E-state index in [0.29, 0.717) is 5.82 Å². The van der Waals surface area contributed by atoms with Crippen molar-refractivity contribution >= 4 is 5.78 Å². The van der Waals surface area contributed by atoms with Crippen LogP contribution in [0.1, 0.15) is 36.3 Å². The number of carbonyl (C=O) groups excluding carboxylic acids is 1. The van der Waals surface area contributed by atoms with Crippen LogP contribution in [0.15, 0.2) is 6.33 Å². The molecule has 82 valence electrons. The summed E-state index contributed by atoms with van der Waals surface area (Å²) in [6.07, 6.45) is 5.19. The van der Waals surface area contributed by atoms with Gasteiger partial charge in [-0.15, -0.1) is 10.2 Å². The highest BCUT2D eigenvalue weighted by Crippen LogP contribution is 2.35. The molecule has 0 unspecified atom stereocenters. The van der Waals surface area contributed by atoms with Crippen molar-refractivity contribution in [3.63, 3.8) is 0 Å². The van der Waals surface area contributed by atoms with Gasteiger partial charge in [0.1, 0.15) is 11.9 Å². The zero-order chi connectivity index (χ0) is 10.9. The Morgan fingerprint density at radius 1 is 1.53 bits per heavy atom. The van der Waals surface area contributed by atoms with E-state index in [2.05, 4.69) is 10.2 Å². The van der Waals surface area contributed by atoms with Gasteiger partial charge < -0.3 is 9.30 Å². The molecular weight excluding hydrogens is 194 g/mol. The number of aromatic nitrogens is 3. The summed E-state index contributed by atoms with van der Waals surface area (Å²) in [5, 5.41) is 7.55. The van der Waals surface area contributed by atoms with E-state index in [4.69, 9.17) is 4.74 Å². The molecule has 0 saturated heterocycles. The molecule has 0 radical (unpaired) electrons. The van der Waals surface area contributed by atoms with E-state index >= 15 is 0 Å². The van der Waals surface area contributed by atoms with E-state index < -0.39 is 5.60 Å². The van der Waals surface area contributed by atoms with Gasteiger partial charge in [0, 0.05) is 14.2 Å². The topological polar surface area (TPSA) is 57.0 Å². The van der Waals surface area contributed by atoms with Crippen LogP contribution in [0.4, 0.5) is 0 Å². The van der Waals surface area contributed by atoms with Crippen molar-refractivity contribution < 1.29 is 9.53 Å². The number of hydrogen-bond acceptors (Lipinski definition) is 4. The molecule has 1 aromatic heterocycles. The summed E-state index contributed by atoms with van der Waals surface area (Å²) >= 11 is 0. The molecule has 0 N–H and O–H groups in total. The summed E-state index contributed by atoms with van der Waals surface area (Å²) in [5.74, 6) is 0.348. The second kappa shape index (κ2) is 3.73. The SMILES string of the molecule is COC1(C(=O)c2nncn2C)CCCC1. The number of Topliss-reactive ketones (excluding diaryl/α,β-unsaturated/α-hetero) is 1. The molecule has 2 rings (SSSR count). The summed E-state index contributed by atoms with van der Waals surface area (Å²) in [4.78, 5) is 12.2. The minimum Gasteiger partial charge on any atom is -0.370 e. The fourth-order valence-electron chi connectivity index (χ4n) is 2.16. The first kappa shape index (κ1) is 10.3. The molecule has 0 atom stereocenters. The van der Waals surface area contributed by atoms with Crippen molar-refractivity contribution in [1.29, 1.82) is 0 Å². The van der Waals surface area contributed by atoms with Gasteiger partial charge >= 0.3 is 0 Å². The Bertz CT molecular complexity index is 366. The lowest BCUT2D eigenvalue weighted by atomic mass is 9.95. The molecule has 1 heterocycles. The quantitative estimate of drug-likeness (QED) is 0.696. The average Bonchev–Trinajstić information content (AvgIpc) is 2.86. The maximum atomic E-state index is 12.2. The summed E-state index contributed by atoms with van der Waals surface area (Å²) in [5.41, 5.74) is -0.652. The Kier molecular flexibility index (Phi) is 2.56. The molecule has 1 fully saturated rings. The highest BCUT2D eigenvalue weighted by molar-refractivity contribution is 5.99. The fourth-order valence-corrected chi connectivity index (χ4v) is 2.16. The molecule has 0 spiro atoms. The van der Waals surface area contributed by atoms with Gasteiger partial charge in [-0.2, -0.15) is 0 Å². The Hall–Kier alpha value is -1.23. The number of ketones is 1. The van der Waals surface area contributed by atoms with Gasteiger partial charge in [0.2, 0.25) is 11.6 Å². The van der Waals surface area contributed by atoms with Crippen LogP contribution in [-0.2, 0) is 11.8 Å². The maximum absolute atomic E-state index is 12.2. The van der Waals surface area contributed by atoms with Crippen LogP contribution in [0.2, 0.25) is 0 Å². The number of hydrogen-bond donors (Lipinski definition) is 0. The molecule has 0 aliphatic heterocycles. The van der Waals surface area contributed by atoms with Crippen molar-refractivity contribution in [2.75, 3.05) is 7.11 Å². The van der Waals surface area contributed by atoms with Crippen molar-refractivity contribution in [1.82, 2.24) is 14.8 Å². The molecule has 1 aliphatic carbocycles. The van der Waals surface area contributed by atoms with E-state index in [1.807, 2.05) is 0 Å². The number of aryl methyl sites for hydroxylation is 1. The van der Waals surface area contributed by atoms with E-state index in [9.17, 15) is 4.79 Å². The van der Waals surface area contributed by atoms with E-state index in [-0.39, 0.29) is 5.78 Å². The Labute approximate surface area is 88.4 Å². The largest absolute Gasteiger partial charge is 0.370 e.